The van der Waals surface area contributed by atoms with Gasteiger partial charge in [-0.3, -0.25) is 4.79 Å². The highest BCUT2D eigenvalue weighted by Gasteiger charge is 2.46. The Morgan fingerprint density at radius 1 is 1.00 bits per heavy atom. The second kappa shape index (κ2) is 11.1. The van der Waals surface area contributed by atoms with Crippen molar-refractivity contribution in [1.82, 2.24) is 0 Å². The van der Waals surface area contributed by atoms with Crippen molar-refractivity contribution in [3.63, 3.8) is 0 Å². The number of aromatic carboxylic acids is 1. The number of ketones is 1. The smallest absolute Gasteiger partial charge is 0.335 e. The number of aryl methyl sites for hydroxylation is 1. The van der Waals surface area contributed by atoms with E-state index in [9.17, 15) is 19.8 Å². The number of hydrogen-bond acceptors (Lipinski definition) is 5. The van der Waals surface area contributed by atoms with Gasteiger partial charge in [-0.25, -0.2) is 4.79 Å². The minimum Gasteiger partial charge on any atom is -0.489 e. The number of carboxylic acids is 1. The van der Waals surface area contributed by atoms with Crippen molar-refractivity contribution in [3.8, 4) is 5.75 Å². The molecule has 208 valence electrons. The molecule has 3 aromatic rings. The summed E-state index contributed by atoms with van der Waals surface area (Å²) < 4.78 is 5.96. The van der Waals surface area contributed by atoms with Crippen LogP contribution in [0.1, 0.15) is 64.2 Å². The fourth-order valence-corrected chi connectivity index (χ4v) is 6.23. The van der Waals surface area contributed by atoms with Gasteiger partial charge in [0.25, 0.3) is 0 Å². The van der Waals surface area contributed by atoms with Crippen LogP contribution >= 0.6 is 34.8 Å². The lowest BCUT2D eigenvalue weighted by atomic mass is 9.64. The van der Waals surface area contributed by atoms with E-state index in [-0.39, 0.29) is 35.5 Å². The predicted molar refractivity (Wildman–Crippen MR) is 156 cm³/mol. The van der Waals surface area contributed by atoms with Crippen LogP contribution in [-0.2, 0) is 10.4 Å². The summed E-state index contributed by atoms with van der Waals surface area (Å²) in [5.74, 6) is -0.738. The standard InChI is InChI=1S/C31H28Cl3NO5/c1-16-9-18(11-19(10-16)30(37)38)20-13-31(39,14-20)23-8-7-21(12-26(23)34)40-15-22(29(36)17-5-6-17)28(35)27-24(32)3-2-4-25(27)33/h2-4,7-12,17,20,39H,5-6,13-15,35H2,1H3,(H,37,38). The quantitative estimate of drug-likeness (QED) is 0.225. The molecule has 0 spiro atoms. The van der Waals surface area contributed by atoms with Crippen LogP contribution < -0.4 is 10.5 Å². The van der Waals surface area contributed by atoms with Gasteiger partial charge in [0, 0.05) is 17.0 Å². The lowest BCUT2D eigenvalue weighted by Crippen LogP contribution is -2.40. The van der Waals surface area contributed by atoms with E-state index >= 15 is 0 Å². The number of carbonyl (C=O) groups excluding carboxylic acids is 1. The van der Waals surface area contributed by atoms with E-state index in [0.717, 1.165) is 24.0 Å². The Morgan fingerprint density at radius 2 is 1.68 bits per heavy atom. The third-order valence-corrected chi connectivity index (χ3v) is 8.56. The number of Topliss-reactive ketones (excluding diaryl/α,β-unsaturated/α-hetero) is 1. The molecule has 0 unspecified atom stereocenters. The van der Waals surface area contributed by atoms with Gasteiger partial charge in [0.1, 0.15) is 12.4 Å². The van der Waals surface area contributed by atoms with E-state index in [1.807, 2.05) is 13.0 Å². The summed E-state index contributed by atoms with van der Waals surface area (Å²) in [6.07, 6.45) is 2.42. The lowest BCUT2D eigenvalue weighted by molar-refractivity contribution is -0.116. The Bertz CT molecular complexity index is 1520. The van der Waals surface area contributed by atoms with Crippen LogP contribution in [0.3, 0.4) is 0 Å². The number of benzene rings is 3. The van der Waals surface area contributed by atoms with Crippen molar-refractivity contribution < 1.29 is 24.5 Å². The third kappa shape index (κ3) is 5.72. The van der Waals surface area contributed by atoms with Gasteiger partial charge in [-0.05, 0) is 86.1 Å². The maximum absolute atomic E-state index is 13.1. The Morgan fingerprint density at radius 3 is 2.27 bits per heavy atom. The zero-order valence-corrected chi connectivity index (χ0v) is 24.0. The van der Waals surface area contributed by atoms with Crippen molar-refractivity contribution in [2.75, 3.05) is 6.61 Å². The minimum absolute atomic E-state index is 0.00994. The van der Waals surface area contributed by atoms with Gasteiger partial charge in [0.15, 0.2) is 5.78 Å². The second-order valence-electron chi connectivity index (χ2n) is 10.6. The van der Waals surface area contributed by atoms with Crippen LogP contribution in [0.4, 0.5) is 0 Å². The van der Waals surface area contributed by atoms with E-state index in [0.29, 0.717) is 50.4 Å². The molecule has 2 aliphatic carbocycles. The molecule has 0 aromatic heterocycles. The van der Waals surface area contributed by atoms with Crippen LogP contribution in [0.5, 0.6) is 5.75 Å². The average Bonchev–Trinajstić information content (AvgIpc) is 3.72. The van der Waals surface area contributed by atoms with E-state index < -0.39 is 11.6 Å². The van der Waals surface area contributed by atoms with Gasteiger partial charge in [0.2, 0.25) is 0 Å². The highest BCUT2D eigenvalue weighted by Crippen LogP contribution is 2.53. The summed E-state index contributed by atoms with van der Waals surface area (Å²) in [5, 5.41) is 21.7. The molecule has 0 bridgehead atoms. The van der Waals surface area contributed by atoms with Crippen LogP contribution in [0.25, 0.3) is 5.70 Å². The second-order valence-corrected chi connectivity index (χ2v) is 11.9. The molecule has 6 nitrogen and oxygen atoms in total. The Hall–Kier alpha value is -3.03. The lowest BCUT2D eigenvalue weighted by Gasteiger charge is -2.45. The first-order chi connectivity index (χ1) is 19.0. The molecule has 3 aromatic carbocycles. The molecule has 0 radical (unpaired) electrons. The summed E-state index contributed by atoms with van der Waals surface area (Å²) >= 11 is 19.3. The summed E-state index contributed by atoms with van der Waals surface area (Å²) in [5.41, 5.74) is 8.71. The fourth-order valence-electron chi connectivity index (χ4n) is 5.28. The molecule has 0 amide bonds. The third-order valence-electron chi connectivity index (χ3n) is 7.61. The van der Waals surface area contributed by atoms with Crippen LogP contribution in [0, 0.1) is 12.8 Å². The first kappa shape index (κ1) is 28.5. The van der Waals surface area contributed by atoms with Crippen molar-refractivity contribution in [2.24, 2.45) is 11.7 Å². The van der Waals surface area contributed by atoms with Gasteiger partial charge < -0.3 is 20.7 Å². The molecule has 0 heterocycles. The topological polar surface area (TPSA) is 110 Å². The Kier molecular flexibility index (Phi) is 7.90. The Balaban J connectivity index is 1.33. The van der Waals surface area contributed by atoms with Crippen LogP contribution in [0.15, 0.2) is 60.2 Å². The number of nitrogens with two attached hydrogens (primary N) is 1. The van der Waals surface area contributed by atoms with Crippen LogP contribution in [0.2, 0.25) is 15.1 Å². The highest BCUT2D eigenvalue weighted by molar-refractivity contribution is 6.37. The molecule has 4 N–H and O–H groups in total. The molecular formula is C31H28Cl3NO5. The zero-order valence-electron chi connectivity index (χ0n) is 21.7. The number of hydrogen-bond donors (Lipinski definition) is 3. The number of ether oxygens (including phenoxy) is 1. The molecule has 2 aliphatic rings. The molecule has 2 fully saturated rings. The zero-order chi connectivity index (χ0) is 28.8. The molecule has 0 saturated heterocycles. The molecular weight excluding hydrogens is 573 g/mol. The largest absolute Gasteiger partial charge is 0.489 e. The van der Waals surface area contributed by atoms with Crippen LogP contribution in [-0.4, -0.2) is 28.6 Å². The maximum Gasteiger partial charge on any atom is 0.335 e. The van der Waals surface area contributed by atoms with Crippen molar-refractivity contribution >= 4 is 52.3 Å². The van der Waals surface area contributed by atoms with Gasteiger partial charge in [0.05, 0.1) is 37.5 Å². The summed E-state index contributed by atoms with van der Waals surface area (Å²) in [4.78, 5) is 24.5. The minimum atomic E-state index is -1.15. The average molecular weight is 601 g/mol. The first-order valence-electron chi connectivity index (χ1n) is 12.9. The predicted octanol–water partition coefficient (Wildman–Crippen LogP) is 7.15. The molecule has 0 atom stereocenters. The normalized spacial score (nSPS) is 20.9. The number of carbonyl (C=O) groups is 2. The number of carboxylic acid groups (broad SMARTS) is 1. The Labute approximate surface area is 247 Å². The van der Waals surface area contributed by atoms with E-state index in [1.54, 1.807) is 48.5 Å². The SMILES string of the molecule is Cc1cc(C(=O)O)cc(C2CC(O)(c3ccc(OCC(C(=O)C4CC4)=C(N)c4c(Cl)cccc4Cl)cc3Cl)C2)c1. The molecule has 0 aliphatic heterocycles. The van der Waals surface area contributed by atoms with E-state index in [2.05, 4.69) is 0 Å². The maximum atomic E-state index is 13.1. The summed E-state index contributed by atoms with van der Waals surface area (Å²) in [6, 6.07) is 15.3. The number of rotatable bonds is 9. The highest BCUT2D eigenvalue weighted by atomic mass is 35.5. The number of halogens is 3. The monoisotopic (exact) mass is 599 g/mol. The van der Waals surface area contributed by atoms with Crippen molar-refractivity contribution in [1.29, 1.82) is 0 Å². The van der Waals surface area contributed by atoms with Crippen molar-refractivity contribution in [3.05, 3.63) is 103 Å². The molecule has 5 rings (SSSR count). The number of aliphatic hydroxyl groups is 1. The molecule has 9 heteroatoms. The van der Waals surface area contributed by atoms with Crippen molar-refractivity contribution in [2.45, 2.75) is 44.1 Å². The summed E-state index contributed by atoms with van der Waals surface area (Å²) in [7, 11) is 0. The van der Waals surface area contributed by atoms with Gasteiger partial charge >= 0.3 is 5.97 Å². The van der Waals surface area contributed by atoms with Gasteiger partial charge in [-0.1, -0.05) is 53.0 Å². The molecule has 2 saturated carbocycles. The first-order valence-corrected chi connectivity index (χ1v) is 14.1. The fraction of sp³-hybridized carbons (Fsp3) is 0.290. The summed E-state index contributed by atoms with van der Waals surface area (Å²) in [6.45, 7) is 1.76. The van der Waals surface area contributed by atoms with Gasteiger partial charge in [-0.15, -0.1) is 0 Å². The van der Waals surface area contributed by atoms with E-state index in [1.165, 1.54) is 0 Å². The van der Waals surface area contributed by atoms with Gasteiger partial charge in [-0.2, -0.15) is 0 Å². The van der Waals surface area contributed by atoms with E-state index in [4.69, 9.17) is 45.3 Å². The molecule has 40 heavy (non-hydrogen) atoms.